The lowest BCUT2D eigenvalue weighted by Gasteiger charge is -2.14. The van der Waals surface area contributed by atoms with Gasteiger partial charge in [0, 0.05) is 19.1 Å². The molecule has 4 nitrogen and oxygen atoms in total. The number of ether oxygens (including phenoxy) is 2. The Morgan fingerprint density at radius 3 is 2.39 bits per heavy atom. The van der Waals surface area contributed by atoms with Gasteiger partial charge in [-0.05, 0) is 6.42 Å². The maximum atomic E-state index is 11.4. The first-order valence-electron chi connectivity index (χ1n) is 6.53. The van der Waals surface area contributed by atoms with E-state index in [1.807, 2.05) is 0 Å². The van der Waals surface area contributed by atoms with Crippen LogP contribution in [0.3, 0.4) is 0 Å². The predicted molar refractivity (Wildman–Crippen MR) is 73.7 cm³/mol. The predicted octanol–water partition coefficient (Wildman–Crippen LogP) is 2.75. The molecule has 0 aliphatic carbocycles. The zero-order chi connectivity index (χ0) is 13.8. The molecule has 0 fully saturated rings. The number of carbonyl (C=O) groups excluding carboxylic acids is 2. The highest BCUT2D eigenvalue weighted by Gasteiger charge is 2.12. The molecule has 0 amide bonds. The van der Waals surface area contributed by atoms with E-state index in [1.54, 1.807) is 0 Å². The number of thiol groups is 1. The second-order valence-corrected chi connectivity index (χ2v) is 4.63. The molecule has 0 spiro atoms. The Labute approximate surface area is 115 Å². The van der Waals surface area contributed by atoms with Crippen molar-refractivity contribution in [1.29, 1.82) is 0 Å². The molecule has 0 N–H and O–H groups in total. The summed E-state index contributed by atoms with van der Waals surface area (Å²) in [4.78, 5) is 22.1. The SMILES string of the molecule is CCCCCCCC(=O)OC[C@H](CS)OC(C)=O. The third kappa shape index (κ3) is 10.4. The highest BCUT2D eigenvalue weighted by Crippen LogP contribution is 2.06. The van der Waals surface area contributed by atoms with E-state index in [0.29, 0.717) is 12.2 Å². The van der Waals surface area contributed by atoms with Crippen LogP contribution in [0.4, 0.5) is 0 Å². The smallest absolute Gasteiger partial charge is 0.305 e. The molecule has 0 radical (unpaired) electrons. The standard InChI is InChI=1S/C13H24O4S/c1-3-4-5-6-7-8-13(15)16-9-12(10-18)17-11(2)14/h12,18H,3-10H2,1-2H3/t12-/m1/s1. The van der Waals surface area contributed by atoms with Crippen LogP contribution in [-0.2, 0) is 19.1 Å². The first-order valence-corrected chi connectivity index (χ1v) is 7.17. The van der Waals surface area contributed by atoms with Crippen LogP contribution in [0.1, 0.15) is 52.4 Å². The van der Waals surface area contributed by atoms with Crippen molar-refractivity contribution in [1.82, 2.24) is 0 Å². The zero-order valence-electron chi connectivity index (χ0n) is 11.3. The van der Waals surface area contributed by atoms with Gasteiger partial charge in [0.1, 0.15) is 12.7 Å². The molecule has 0 heterocycles. The molecule has 0 aliphatic heterocycles. The van der Waals surface area contributed by atoms with Gasteiger partial charge in [0.15, 0.2) is 0 Å². The van der Waals surface area contributed by atoms with Crippen molar-refractivity contribution in [2.75, 3.05) is 12.4 Å². The zero-order valence-corrected chi connectivity index (χ0v) is 12.2. The van der Waals surface area contributed by atoms with E-state index in [-0.39, 0.29) is 18.5 Å². The topological polar surface area (TPSA) is 52.6 Å². The summed E-state index contributed by atoms with van der Waals surface area (Å²) in [5.41, 5.74) is 0. The highest BCUT2D eigenvalue weighted by atomic mass is 32.1. The van der Waals surface area contributed by atoms with Crippen LogP contribution in [0, 0.1) is 0 Å². The molecule has 1 atom stereocenters. The summed E-state index contributed by atoms with van der Waals surface area (Å²) in [5, 5.41) is 0. The maximum Gasteiger partial charge on any atom is 0.305 e. The Morgan fingerprint density at radius 2 is 1.83 bits per heavy atom. The van der Waals surface area contributed by atoms with Crippen molar-refractivity contribution in [3.05, 3.63) is 0 Å². The Balaban J connectivity index is 3.58. The summed E-state index contributed by atoms with van der Waals surface area (Å²) in [6.45, 7) is 3.57. The van der Waals surface area contributed by atoms with Gasteiger partial charge in [-0.25, -0.2) is 0 Å². The lowest BCUT2D eigenvalue weighted by atomic mass is 10.1. The van der Waals surface area contributed by atoms with Gasteiger partial charge < -0.3 is 9.47 Å². The van der Waals surface area contributed by atoms with Gasteiger partial charge in [0.25, 0.3) is 0 Å². The number of esters is 2. The molecule has 0 saturated carbocycles. The molecule has 0 aromatic rings. The fourth-order valence-electron chi connectivity index (χ4n) is 1.49. The summed E-state index contributed by atoms with van der Waals surface area (Å²) in [5.74, 6) is -0.265. The van der Waals surface area contributed by atoms with Crippen molar-refractivity contribution in [2.45, 2.75) is 58.5 Å². The number of hydrogen-bond acceptors (Lipinski definition) is 5. The molecular formula is C13H24O4S. The third-order valence-corrected chi connectivity index (χ3v) is 2.86. The number of rotatable bonds is 10. The van der Waals surface area contributed by atoms with E-state index >= 15 is 0 Å². The molecule has 0 aromatic carbocycles. The Hall–Kier alpha value is -0.710. The van der Waals surface area contributed by atoms with E-state index in [9.17, 15) is 9.59 Å². The minimum Gasteiger partial charge on any atom is -0.462 e. The van der Waals surface area contributed by atoms with E-state index in [0.717, 1.165) is 19.3 Å². The molecule has 0 aliphatic rings. The molecule has 0 unspecified atom stereocenters. The molecular weight excluding hydrogens is 252 g/mol. The van der Waals surface area contributed by atoms with Gasteiger partial charge >= 0.3 is 11.9 Å². The second-order valence-electron chi connectivity index (χ2n) is 4.26. The molecule has 5 heteroatoms. The largest absolute Gasteiger partial charge is 0.462 e. The molecule has 0 saturated heterocycles. The average Bonchev–Trinajstić information content (AvgIpc) is 2.33. The van der Waals surface area contributed by atoms with E-state index in [1.165, 1.54) is 19.8 Å². The molecule has 18 heavy (non-hydrogen) atoms. The Bertz CT molecular complexity index is 243. The Morgan fingerprint density at radius 1 is 1.17 bits per heavy atom. The van der Waals surface area contributed by atoms with Crippen LogP contribution in [0.5, 0.6) is 0 Å². The third-order valence-electron chi connectivity index (χ3n) is 2.45. The van der Waals surface area contributed by atoms with E-state index < -0.39 is 6.10 Å². The molecule has 0 aromatic heterocycles. The van der Waals surface area contributed by atoms with Crippen molar-refractivity contribution >= 4 is 24.6 Å². The average molecular weight is 276 g/mol. The quantitative estimate of drug-likeness (QED) is 0.379. The summed E-state index contributed by atoms with van der Waals surface area (Å²) < 4.78 is 9.95. The van der Waals surface area contributed by atoms with Gasteiger partial charge in [0.2, 0.25) is 0 Å². The lowest BCUT2D eigenvalue weighted by molar-refractivity contribution is -0.156. The van der Waals surface area contributed by atoms with Crippen LogP contribution >= 0.6 is 12.6 Å². The minimum atomic E-state index is -0.449. The van der Waals surface area contributed by atoms with Crippen LogP contribution < -0.4 is 0 Å². The van der Waals surface area contributed by atoms with Crippen molar-refractivity contribution < 1.29 is 19.1 Å². The lowest BCUT2D eigenvalue weighted by Crippen LogP contribution is -2.25. The van der Waals surface area contributed by atoms with Gasteiger partial charge in [-0.3, -0.25) is 9.59 Å². The number of hydrogen-bond donors (Lipinski definition) is 1. The number of carbonyl (C=O) groups is 2. The van der Waals surface area contributed by atoms with Crippen LogP contribution in [0.25, 0.3) is 0 Å². The van der Waals surface area contributed by atoms with Crippen molar-refractivity contribution in [3.63, 3.8) is 0 Å². The van der Waals surface area contributed by atoms with Gasteiger partial charge in [0.05, 0.1) is 0 Å². The summed E-state index contributed by atoms with van der Waals surface area (Å²) >= 11 is 4.03. The number of unbranched alkanes of at least 4 members (excludes halogenated alkanes) is 4. The first-order chi connectivity index (χ1) is 8.60. The molecule has 0 rings (SSSR count). The van der Waals surface area contributed by atoms with E-state index in [2.05, 4.69) is 19.6 Å². The van der Waals surface area contributed by atoms with Crippen molar-refractivity contribution in [2.24, 2.45) is 0 Å². The second kappa shape index (κ2) is 11.4. The van der Waals surface area contributed by atoms with Crippen LogP contribution in [0.15, 0.2) is 0 Å². The van der Waals surface area contributed by atoms with Gasteiger partial charge in [-0.15, -0.1) is 0 Å². The van der Waals surface area contributed by atoms with Crippen molar-refractivity contribution in [3.8, 4) is 0 Å². The maximum absolute atomic E-state index is 11.4. The first kappa shape index (κ1) is 17.3. The normalized spacial score (nSPS) is 11.9. The molecule has 106 valence electrons. The summed E-state index contributed by atoms with van der Waals surface area (Å²) in [7, 11) is 0. The fourth-order valence-corrected chi connectivity index (χ4v) is 1.67. The minimum absolute atomic E-state index is 0.0941. The van der Waals surface area contributed by atoms with Crippen LogP contribution in [-0.4, -0.2) is 30.4 Å². The van der Waals surface area contributed by atoms with Gasteiger partial charge in [-0.1, -0.05) is 32.6 Å². The Kier molecular flexibility index (Phi) is 10.9. The van der Waals surface area contributed by atoms with Crippen LogP contribution in [0.2, 0.25) is 0 Å². The fraction of sp³-hybridized carbons (Fsp3) is 0.846. The van der Waals surface area contributed by atoms with Gasteiger partial charge in [-0.2, -0.15) is 12.6 Å². The summed E-state index contributed by atoms with van der Waals surface area (Å²) in [6.07, 6.45) is 5.47. The highest BCUT2D eigenvalue weighted by molar-refractivity contribution is 7.80. The summed E-state index contributed by atoms with van der Waals surface area (Å²) in [6, 6.07) is 0. The monoisotopic (exact) mass is 276 g/mol. The van der Waals surface area contributed by atoms with E-state index in [4.69, 9.17) is 9.47 Å². The molecule has 0 bridgehead atoms.